The monoisotopic (exact) mass is 286 g/mol. The van der Waals surface area contributed by atoms with Crippen LogP contribution in [0.15, 0.2) is 30.3 Å². The van der Waals surface area contributed by atoms with E-state index in [2.05, 4.69) is 4.72 Å². The van der Waals surface area contributed by atoms with E-state index in [1.807, 2.05) is 49.3 Å². The molecule has 0 radical (unpaired) electrons. The molecule has 0 amide bonds. The first-order valence-electron chi connectivity index (χ1n) is 6.14. The fourth-order valence-electron chi connectivity index (χ4n) is 1.74. The first-order chi connectivity index (χ1) is 8.96. The molecule has 0 heterocycles. The van der Waals surface area contributed by atoms with Crippen LogP contribution in [0.4, 0.5) is 0 Å². The van der Waals surface area contributed by atoms with Crippen LogP contribution in [0.25, 0.3) is 0 Å². The Labute approximate surface area is 115 Å². The van der Waals surface area contributed by atoms with Crippen molar-refractivity contribution in [2.45, 2.75) is 6.04 Å². The molecule has 0 saturated carbocycles. The van der Waals surface area contributed by atoms with Crippen LogP contribution in [0, 0.1) is 0 Å². The number of likely N-dealkylation sites (N-methyl/N-ethyl adjacent to an activating group) is 1. The maximum absolute atomic E-state index is 11.7. The summed E-state index contributed by atoms with van der Waals surface area (Å²) >= 11 is 0. The number of sulfonamides is 1. The molecule has 0 bridgehead atoms. The van der Waals surface area contributed by atoms with Crippen LogP contribution in [0.2, 0.25) is 0 Å². The SMILES string of the molecule is COCCS(=O)(=O)NC[C@H](c1ccccc1)N(C)C. The average molecular weight is 286 g/mol. The van der Waals surface area contributed by atoms with Gasteiger partial charge in [0.05, 0.1) is 12.4 Å². The highest BCUT2D eigenvalue weighted by atomic mass is 32.2. The first kappa shape index (κ1) is 16.1. The van der Waals surface area contributed by atoms with Crippen molar-refractivity contribution in [3.8, 4) is 0 Å². The predicted octanol–water partition coefficient (Wildman–Crippen LogP) is 0.855. The summed E-state index contributed by atoms with van der Waals surface area (Å²) in [5, 5.41) is 0. The van der Waals surface area contributed by atoms with Crippen molar-refractivity contribution in [2.75, 3.05) is 40.1 Å². The maximum atomic E-state index is 11.7. The molecule has 1 aromatic rings. The number of nitrogens with zero attached hydrogens (tertiary/aromatic N) is 1. The van der Waals surface area contributed by atoms with Crippen LogP contribution in [0.5, 0.6) is 0 Å². The quantitative estimate of drug-likeness (QED) is 0.770. The van der Waals surface area contributed by atoms with Crippen molar-refractivity contribution in [1.82, 2.24) is 9.62 Å². The number of ether oxygens (including phenoxy) is 1. The van der Waals surface area contributed by atoms with Gasteiger partial charge in [0.1, 0.15) is 0 Å². The zero-order chi connectivity index (χ0) is 14.3. The van der Waals surface area contributed by atoms with Crippen LogP contribution < -0.4 is 4.72 Å². The van der Waals surface area contributed by atoms with Crippen LogP contribution in [-0.2, 0) is 14.8 Å². The first-order valence-corrected chi connectivity index (χ1v) is 7.79. The topological polar surface area (TPSA) is 58.6 Å². The highest BCUT2D eigenvalue weighted by Gasteiger charge is 2.17. The lowest BCUT2D eigenvalue weighted by Gasteiger charge is -2.25. The molecular weight excluding hydrogens is 264 g/mol. The fraction of sp³-hybridized carbons (Fsp3) is 0.538. The number of benzene rings is 1. The van der Waals surface area contributed by atoms with Crippen LogP contribution in [0.3, 0.4) is 0 Å². The Bertz CT molecular complexity index is 460. The van der Waals surface area contributed by atoms with Crippen molar-refractivity contribution in [1.29, 1.82) is 0 Å². The van der Waals surface area contributed by atoms with E-state index in [0.29, 0.717) is 6.54 Å². The van der Waals surface area contributed by atoms with Gasteiger partial charge in [0.2, 0.25) is 10.0 Å². The third kappa shape index (κ3) is 5.69. The van der Waals surface area contributed by atoms with Crippen LogP contribution in [0.1, 0.15) is 11.6 Å². The van der Waals surface area contributed by atoms with Gasteiger partial charge in [0, 0.05) is 19.7 Å². The predicted molar refractivity (Wildman–Crippen MR) is 76.5 cm³/mol. The number of hydrogen-bond donors (Lipinski definition) is 1. The molecule has 6 heteroatoms. The number of rotatable bonds is 8. The molecule has 1 atom stereocenters. The molecule has 1 N–H and O–H groups in total. The van der Waals surface area contributed by atoms with Crippen LogP contribution >= 0.6 is 0 Å². The van der Waals surface area contributed by atoms with Gasteiger partial charge in [-0.2, -0.15) is 0 Å². The molecule has 0 unspecified atom stereocenters. The summed E-state index contributed by atoms with van der Waals surface area (Å²) < 4.78 is 30.9. The molecule has 0 spiro atoms. The number of methoxy groups -OCH3 is 1. The summed E-state index contributed by atoms with van der Waals surface area (Å²) in [6, 6.07) is 9.84. The summed E-state index contributed by atoms with van der Waals surface area (Å²) in [7, 11) is 2.07. The molecule has 0 saturated heterocycles. The van der Waals surface area contributed by atoms with Crippen molar-refractivity contribution >= 4 is 10.0 Å². The van der Waals surface area contributed by atoms with Gasteiger partial charge in [-0.3, -0.25) is 0 Å². The molecule has 19 heavy (non-hydrogen) atoms. The summed E-state index contributed by atoms with van der Waals surface area (Å²) in [4.78, 5) is 1.99. The van der Waals surface area contributed by atoms with Gasteiger partial charge in [-0.25, -0.2) is 13.1 Å². The number of nitrogens with one attached hydrogen (secondary N) is 1. The zero-order valence-corrected chi connectivity index (χ0v) is 12.5. The van der Waals surface area contributed by atoms with E-state index in [9.17, 15) is 8.42 Å². The van der Waals surface area contributed by atoms with Crippen molar-refractivity contribution in [2.24, 2.45) is 0 Å². The minimum atomic E-state index is -3.28. The molecule has 0 aliphatic rings. The van der Waals surface area contributed by atoms with E-state index >= 15 is 0 Å². The maximum Gasteiger partial charge on any atom is 0.213 e. The van der Waals surface area contributed by atoms with E-state index in [1.54, 1.807) is 0 Å². The van der Waals surface area contributed by atoms with Gasteiger partial charge in [0.25, 0.3) is 0 Å². The van der Waals surface area contributed by atoms with Gasteiger partial charge in [0.15, 0.2) is 0 Å². The Morgan fingerprint density at radius 2 is 1.89 bits per heavy atom. The molecular formula is C13H22N2O3S. The zero-order valence-electron chi connectivity index (χ0n) is 11.7. The molecule has 0 aliphatic carbocycles. The molecule has 0 aliphatic heterocycles. The Morgan fingerprint density at radius 3 is 2.42 bits per heavy atom. The van der Waals surface area contributed by atoms with Crippen LogP contribution in [-0.4, -0.2) is 53.4 Å². The van der Waals surface area contributed by atoms with E-state index < -0.39 is 10.0 Å². The van der Waals surface area contributed by atoms with Crippen molar-refractivity contribution in [3.05, 3.63) is 35.9 Å². The molecule has 5 nitrogen and oxygen atoms in total. The highest BCUT2D eigenvalue weighted by Crippen LogP contribution is 2.16. The van der Waals surface area contributed by atoms with E-state index in [1.165, 1.54) is 7.11 Å². The second-order valence-electron chi connectivity index (χ2n) is 4.55. The molecule has 108 valence electrons. The second-order valence-corrected chi connectivity index (χ2v) is 6.48. The van der Waals surface area contributed by atoms with Gasteiger partial charge in [-0.15, -0.1) is 0 Å². The summed E-state index contributed by atoms with van der Waals surface area (Å²) in [5.74, 6) is -0.0154. The van der Waals surface area contributed by atoms with Gasteiger partial charge in [-0.1, -0.05) is 30.3 Å². The lowest BCUT2D eigenvalue weighted by molar-refractivity contribution is 0.216. The smallest absolute Gasteiger partial charge is 0.213 e. The third-order valence-corrected chi connectivity index (χ3v) is 4.17. The highest BCUT2D eigenvalue weighted by molar-refractivity contribution is 7.89. The van der Waals surface area contributed by atoms with Gasteiger partial charge in [-0.05, 0) is 19.7 Å². The summed E-state index contributed by atoms with van der Waals surface area (Å²) in [6.45, 7) is 0.552. The Morgan fingerprint density at radius 1 is 1.26 bits per heavy atom. The third-order valence-electron chi connectivity index (χ3n) is 2.86. The fourth-order valence-corrected chi connectivity index (χ4v) is 2.69. The standard InChI is InChI=1S/C13H22N2O3S/c1-15(2)13(12-7-5-4-6-8-12)11-14-19(16,17)10-9-18-3/h4-8,13-14H,9-11H2,1-3H3/t13-/m1/s1. The van der Waals surface area contributed by atoms with Gasteiger partial charge >= 0.3 is 0 Å². The van der Waals surface area contributed by atoms with Crippen molar-refractivity contribution in [3.63, 3.8) is 0 Å². The minimum absolute atomic E-state index is 0.0125. The van der Waals surface area contributed by atoms with E-state index in [0.717, 1.165) is 5.56 Å². The Hall–Kier alpha value is -0.950. The summed E-state index contributed by atoms with van der Waals surface area (Å²) in [5.41, 5.74) is 1.09. The second kappa shape index (κ2) is 7.59. The molecule has 1 rings (SSSR count). The lowest BCUT2D eigenvalue weighted by Crippen LogP contribution is -2.36. The molecule has 0 fully saturated rings. The Balaban J connectivity index is 2.66. The molecule has 0 aromatic heterocycles. The largest absolute Gasteiger partial charge is 0.384 e. The molecule has 1 aromatic carbocycles. The van der Waals surface area contributed by atoms with Crippen molar-refractivity contribution < 1.29 is 13.2 Å². The average Bonchev–Trinajstić information content (AvgIpc) is 2.37. The summed E-state index contributed by atoms with van der Waals surface area (Å²) in [6.07, 6.45) is 0. The number of hydrogen-bond acceptors (Lipinski definition) is 4. The Kier molecular flexibility index (Phi) is 6.44. The van der Waals surface area contributed by atoms with E-state index in [-0.39, 0.29) is 18.4 Å². The van der Waals surface area contributed by atoms with E-state index in [4.69, 9.17) is 4.74 Å². The van der Waals surface area contributed by atoms with Gasteiger partial charge < -0.3 is 9.64 Å². The lowest BCUT2D eigenvalue weighted by atomic mass is 10.1. The minimum Gasteiger partial charge on any atom is -0.384 e. The normalized spacial score (nSPS) is 13.7.